The Morgan fingerprint density at radius 3 is 2.75 bits per heavy atom. The molecule has 0 saturated carbocycles. The van der Waals surface area contributed by atoms with Crippen LogP contribution in [0.2, 0.25) is 0 Å². The minimum Gasteiger partial charge on any atom is -0.312 e. The molecule has 1 N–H and O–H groups in total. The molecule has 0 radical (unpaired) electrons. The molecule has 0 saturated heterocycles. The van der Waals surface area contributed by atoms with E-state index in [0.717, 1.165) is 22.6 Å². The highest BCUT2D eigenvalue weighted by atomic mass is 79.9. The molecule has 0 aliphatic heterocycles. The minimum atomic E-state index is 0.675. The summed E-state index contributed by atoms with van der Waals surface area (Å²) in [5, 5.41) is 4.45. The van der Waals surface area contributed by atoms with Gasteiger partial charge in [-0.25, -0.2) is 4.98 Å². The lowest BCUT2D eigenvalue weighted by molar-refractivity contribution is 0.551. The number of aromatic nitrogens is 1. The summed E-state index contributed by atoms with van der Waals surface area (Å²) >= 11 is 5.16. The average molecular weight is 351 g/mol. The summed E-state index contributed by atoms with van der Waals surface area (Å²) in [6.07, 6.45) is 1.95. The van der Waals surface area contributed by atoms with Crippen molar-refractivity contribution in [1.29, 1.82) is 0 Å². The summed E-state index contributed by atoms with van der Waals surface area (Å²) in [5.74, 6) is 0.675. The molecular formula is C16H19BrN2S. The number of rotatable bonds is 6. The van der Waals surface area contributed by atoms with Crippen molar-refractivity contribution in [2.45, 2.75) is 30.3 Å². The van der Waals surface area contributed by atoms with Gasteiger partial charge in [0.1, 0.15) is 5.03 Å². The van der Waals surface area contributed by atoms with Crippen LogP contribution in [0.1, 0.15) is 19.4 Å². The normalized spacial score (nSPS) is 11.0. The molecule has 0 aliphatic rings. The zero-order valence-corrected chi connectivity index (χ0v) is 14.2. The van der Waals surface area contributed by atoms with Gasteiger partial charge < -0.3 is 5.32 Å². The Morgan fingerprint density at radius 2 is 2.10 bits per heavy atom. The van der Waals surface area contributed by atoms with Crippen LogP contribution in [0.5, 0.6) is 0 Å². The molecule has 1 heterocycles. The quantitative estimate of drug-likeness (QED) is 0.814. The molecule has 20 heavy (non-hydrogen) atoms. The van der Waals surface area contributed by atoms with E-state index >= 15 is 0 Å². The van der Waals surface area contributed by atoms with E-state index in [1.54, 1.807) is 11.8 Å². The Bertz CT molecular complexity index is 540. The number of nitrogens with zero attached hydrogens (tertiary/aromatic N) is 1. The van der Waals surface area contributed by atoms with Crippen LogP contribution in [-0.2, 0) is 6.54 Å². The third-order valence-corrected chi connectivity index (χ3v) is 4.13. The lowest BCUT2D eigenvalue weighted by Crippen LogP contribution is -2.18. The number of hydrogen-bond acceptors (Lipinski definition) is 3. The number of hydrogen-bond donors (Lipinski definition) is 1. The summed E-state index contributed by atoms with van der Waals surface area (Å²) < 4.78 is 1.09. The van der Waals surface area contributed by atoms with Crippen molar-refractivity contribution in [3.05, 3.63) is 52.6 Å². The Balaban J connectivity index is 1.91. The average Bonchev–Trinajstić information content (AvgIpc) is 2.40. The number of benzene rings is 1. The highest BCUT2D eigenvalue weighted by Crippen LogP contribution is 2.27. The molecule has 0 spiro atoms. The van der Waals surface area contributed by atoms with Crippen molar-refractivity contribution in [2.75, 3.05) is 6.54 Å². The van der Waals surface area contributed by atoms with Gasteiger partial charge in [-0.2, -0.15) is 0 Å². The van der Waals surface area contributed by atoms with Gasteiger partial charge in [-0.3, -0.25) is 0 Å². The van der Waals surface area contributed by atoms with Crippen LogP contribution >= 0.6 is 27.7 Å². The Morgan fingerprint density at radius 1 is 1.25 bits per heavy atom. The molecule has 2 rings (SSSR count). The van der Waals surface area contributed by atoms with Gasteiger partial charge in [-0.1, -0.05) is 53.7 Å². The van der Waals surface area contributed by atoms with E-state index < -0.39 is 0 Å². The fraction of sp³-hybridized carbons (Fsp3) is 0.312. The van der Waals surface area contributed by atoms with Gasteiger partial charge in [0.25, 0.3) is 0 Å². The third kappa shape index (κ3) is 5.27. The smallest absolute Gasteiger partial charge is 0.101 e. The zero-order chi connectivity index (χ0) is 14.4. The molecule has 1 aromatic heterocycles. The van der Waals surface area contributed by atoms with Gasteiger partial charge in [-0.15, -0.1) is 0 Å². The van der Waals surface area contributed by atoms with Crippen molar-refractivity contribution in [3.8, 4) is 0 Å². The topological polar surface area (TPSA) is 24.9 Å². The SMILES string of the molecule is CC(C)CNCc1ccc(Sc2cccc(Br)c2)nc1. The van der Waals surface area contributed by atoms with Crippen LogP contribution in [0.25, 0.3) is 0 Å². The minimum absolute atomic E-state index is 0.675. The predicted octanol–water partition coefficient (Wildman–Crippen LogP) is 4.74. The van der Waals surface area contributed by atoms with E-state index in [0.29, 0.717) is 5.92 Å². The van der Waals surface area contributed by atoms with E-state index in [9.17, 15) is 0 Å². The summed E-state index contributed by atoms with van der Waals surface area (Å²) in [6, 6.07) is 12.5. The number of nitrogens with one attached hydrogen (secondary N) is 1. The van der Waals surface area contributed by atoms with Gasteiger partial charge in [0, 0.05) is 22.1 Å². The van der Waals surface area contributed by atoms with E-state index in [-0.39, 0.29) is 0 Å². The van der Waals surface area contributed by atoms with E-state index in [1.165, 1.54) is 10.5 Å². The summed E-state index contributed by atoms with van der Waals surface area (Å²) in [7, 11) is 0. The Kier molecular flexibility index (Phi) is 6.07. The van der Waals surface area contributed by atoms with Crippen molar-refractivity contribution in [2.24, 2.45) is 5.92 Å². The molecule has 0 amide bonds. The lowest BCUT2D eigenvalue weighted by Gasteiger charge is -2.07. The standard InChI is InChI=1S/C16H19BrN2S/c1-12(2)9-18-10-13-6-7-16(19-11-13)20-15-5-3-4-14(17)8-15/h3-8,11-12,18H,9-10H2,1-2H3. The van der Waals surface area contributed by atoms with Crippen LogP contribution in [0.3, 0.4) is 0 Å². The van der Waals surface area contributed by atoms with Gasteiger partial charge in [0.05, 0.1) is 0 Å². The van der Waals surface area contributed by atoms with Gasteiger partial charge in [-0.05, 0) is 42.3 Å². The van der Waals surface area contributed by atoms with Gasteiger partial charge in [0.2, 0.25) is 0 Å². The van der Waals surface area contributed by atoms with E-state index in [2.05, 4.69) is 64.3 Å². The molecule has 0 unspecified atom stereocenters. The fourth-order valence-corrected chi connectivity index (χ4v) is 3.10. The van der Waals surface area contributed by atoms with Crippen LogP contribution < -0.4 is 5.32 Å². The first kappa shape index (κ1) is 15.5. The van der Waals surface area contributed by atoms with Crippen LogP contribution in [0, 0.1) is 5.92 Å². The number of pyridine rings is 1. The first-order valence-corrected chi connectivity index (χ1v) is 8.33. The molecule has 0 fully saturated rings. The second kappa shape index (κ2) is 7.81. The Hall–Kier alpha value is -0.840. The summed E-state index contributed by atoms with van der Waals surface area (Å²) in [4.78, 5) is 5.70. The Labute approximate surface area is 133 Å². The summed E-state index contributed by atoms with van der Waals surface area (Å²) in [5.41, 5.74) is 1.23. The fourth-order valence-electron chi connectivity index (χ4n) is 1.73. The maximum absolute atomic E-state index is 4.51. The highest BCUT2D eigenvalue weighted by Gasteiger charge is 2.01. The monoisotopic (exact) mass is 350 g/mol. The van der Waals surface area contributed by atoms with Crippen LogP contribution in [-0.4, -0.2) is 11.5 Å². The molecule has 0 bridgehead atoms. The third-order valence-electron chi connectivity index (χ3n) is 2.70. The van der Waals surface area contributed by atoms with E-state index in [1.807, 2.05) is 18.3 Å². The summed E-state index contributed by atoms with van der Waals surface area (Å²) in [6.45, 7) is 6.34. The molecule has 0 aliphatic carbocycles. The van der Waals surface area contributed by atoms with Crippen molar-refractivity contribution < 1.29 is 0 Å². The molecule has 0 atom stereocenters. The van der Waals surface area contributed by atoms with Crippen LogP contribution in [0.4, 0.5) is 0 Å². The highest BCUT2D eigenvalue weighted by molar-refractivity contribution is 9.10. The molecule has 4 heteroatoms. The van der Waals surface area contributed by atoms with Crippen molar-refractivity contribution in [3.63, 3.8) is 0 Å². The van der Waals surface area contributed by atoms with Crippen molar-refractivity contribution in [1.82, 2.24) is 10.3 Å². The maximum Gasteiger partial charge on any atom is 0.101 e. The molecular weight excluding hydrogens is 332 g/mol. The second-order valence-electron chi connectivity index (χ2n) is 5.09. The molecule has 2 nitrogen and oxygen atoms in total. The first-order chi connectivity index (χ1) is 9.63. The molecule has 1 aromatic carbocycles. The zero-order valence-electron chi connectivity index (χ0n) is 11.8. The van der Waals surface area contributed by atoms with Crippen LogP contribution in [0.15, 0.2) is 57.0 Å². The molecule has 2 aromatic rings. The maximum atomic E-state index is 4.51. The van der Waals surface area contributed by atoms with Gasteiger partial charge in [0.15, 0.2) is 0 Å². The van der Waals surface area contributed by atoms with Gasteiger partial charge >= 0.3 is 0 Å². The largest absolute Gasteiger partial charge is 0.312 e. The number of halogens is 1. The van der Waals surface area contributed by atoms with E-state index in [4.69, 9.17) is 0 Å². The second-order valence-corrected chi connectivity index (χ2v) is 7.10. The lowest BCUT2D eigenvalue weighted by atomic mass is 10.2. The first-order valence-electron chi connectivity index (χ1n) is 6.72. The molecule has 106 valence electrons. The predicted molar refractivity (Wildman–Crippen MR) is 89.0 cm³/mol. The van der Waals surface area contributed by atoms with Crippen molar-refractivity contribution >= 4 is 27.7 Å².